The molecule has 0 spiro atoms. The Labute approximate surface area is 177 Å². The maximum absolute atomic E-state index is 11.9. The molecule has 0 saturated heterocycles. The molecular weight excluding hydrogens is 410 g/mol. The SMILES string of the molecule is CS(=O)(=O)c1cccc(-c2ccc(OCCN)c(OCc3ccccc3)c2)c1.Cl. The highest BCUT2D eigenvalue weighted by Gasteiger charge is 2.12. The van der Waals surface area contributed by atoms with Gasteiger partial charge in [0.1, 0.15) is 13.2 Å². The fourth-order valence-electron chi connectivity index (χ4n) is 2.73. The minimum absolute atomic E-state index is 0. The number of hydrogen-bond donors (Lipinski definition) is 1. The lowest BCUT2D eigenvalue weighted by Crippen LogP contribution is -2.11. The first-order valence-corrected chi connectivity index (χ1v) is 10.8. The summed E-state index contributed by atoms with van der Waals surface area (Å²) in [6.07, 6.45) is 1.20. The van der Waals surface area contributed by atoms with Crippen molar-refractivity contribution < 1.29 is 17.9 Å². The summed E-state index contributed by atoms with van der Waals surface area (Å²) in [6, 6.07) is 22.2. The zero-order valence-corrected chi connectivity index (χ0v) is 17.7. The van der Waals surface area contributed by atoms with Crippen LogP contribution in [0.1, 0.15) is 5.56 Å². The first kappa shape index (κ1) is 22.7. The highest BCUT2D eigenvalue weighted by atomic mass is 35.5. The van der Waals surface area contributed by atoms with Gasteiger partial charge < -0.3 is 15.2 Å². The van der Waals surface area contributed by atoms with Crippen molar-refractivity contribution in [2.45, 2.75) is 11.5 Å². The normalized spacial score (nSPS) is 10.8. The van der Waals surface area contributed by atoms with Crippen LogP contribution in [-0.4, -0.2) is 27.8 Å². The molecule has 0 aromatic heterocycles. The van der Waals surface area contributed by atoms with Crippen molar-refractivity contribution in [3.63, 3.8) is 0 Å². The Morgan fingerprint density at radius 1 is 0.828 bits per heavy atom. The Balaban J connectivity index is 0.00000300. The summed E-state index contributed by atoms with van der Waals surface area (Å²) in [5.74, 6) is 1.18. The summed E-state index contributed by atoms with van der Waals surface area (Å²) >= 11 is 0. The zero-order valence-electron chi connectivity index (χ0n) is 16.1. The van der Waals surface area contributed by atoms with E-state index in [1.54, 1.807) is 18.2 Å². The van der Waals surface area contributed by atoms with Crippen molar-refractivity contribution in [1.29, 1.82) is 0 Å². The molecule has 154 valence electrons. The molecule has 7 heteroatoms. The van der Waals surface area contributed by atoms with Crippen LogP contribution in [0.2, 0.25) is 0 Å². The predicted octanol–water partition coefficient (Wildman–Crippen LogP) is 4.10. The highest BCUT2D eigenvalue weighted by Crippen LogP contribution is 2.34. The van der Waals surface area contributed by atoms with Gasteiger partial charge in [0.25, 0.3) is 0 Å². The molecule has 5 nitrogen and oxygen atoms in total. The molecule has 0 bridgehead atoms. The molecule has 2 N–H and O–H groups in total. The minimum Gasteiger partial charge on any atom is -0.488 e. The van der Waals surface area contributed by atoms with Gasteiger partial charge in [-0.1, -0.05) is 48.5 Å². The van der Waals surface area contributed by atoms with E-state index in [0.717, 1.165) is 16.7 Å². The lowest BCUT2D eigenvalue weighted by Gasteiger charge is -2.14. The van der Waals surface area contributed by atoms with Gasteiger partial charge in [-0.15, -0.1) is 12.4 Å². The molecule has 0 heterocycles. The van der Waals surface area contributed by atoms with Crippen LogP contribution in [0.4, 0.5) is 0 Å². The maximum atomic E-state index is 11.9. The molecular formula is C22H24ClNO4S. The third-order valence-corrected chi connectivity index (χ3v) is 5.26. The molecule has 0 unspecified atom stereocenters. The van der Waals surface area contributed by atoms with Crippen LogP contribution >= 0.6 is 12.4 Å². The molecule has 0 saturated carbocycles. The summed E-state index contributed by atoms with van der Waals surface area (Å²) < 4.78 is 35.4. The van der Waals surface area contributed by atoms with Gasteiger partial charge >= 0.3 is 0 Å². The van der Waals surface area contributed by atoms with Crippen molar-refractivity contribution in [2.24, 2.45) is 5.73 Å². The second-order valence-electron chi connectivity index (χ2n) is 6.37. The molecule has 0 aliphatic rings. The molecule has 3 rings (SSSR count). The van der Waals surface area contributed by atoms with Crippen LogP contribution in [0, 0.1) is 0 Å². The van der Waals surface area contributed by atoms with Crippen molar-refractivity contribution >= 4 is 22.2 Å². The van der Waals surface area contributed by atoms with Gasteiger partial charge in [-0.2, -0.15) is 0 Å². The lowest BCUT2D eigenvalue weighted by atomic mass is 10.1. The number of ether oxygens (including phenoxy) is 2. The Hall–Kier alpha value is -2.54. The number of benzene rings is 3. The fourth-order valence-corrected chi connectivity index (χ4v) is 3.40. The van der Waals surface area contributed by atoms with Gasteiger partial charge in [0.05, 0.1) is 4.90 Å². The maximum Gasteiger partial charge on any atom is 0.175 e. The van der Waals surface area contributed by atoms with Gasteiger partial charge in [0, 0.05) is 12.8 Å². The molecule has 0 radical (unpaired) electrons. The van der Waals surface area contributed by atoms with Crippen molar-refractivity contribution in [1.82, 2.24) is 0 Å². The Morgan fingerprint density at radius 3 is 2.24 bits per heavy atom. The highest BCUT2D eigenvalue weighted by molar-refractivity contribution is 7.90. The van der Waals surface area contributed by atoms with E-state index in [2.05, 4.69) is 0 Å². The van der Waals surface area contributed by atoms with Gasteiger partial charge in [-0.05, 0) is 41.0 Å². The third-order valence-electron chi connectivity index (χ3n) is 4.15. The topological polar surface area (TPSA) is 78.6 Å². The monoisotopic (exact) mass is 433 g/mol. The zero-order chi connectivity index (χ0) is 20.0. The number of sulfone groups is 1. The van der Waals surface area contributed by atoms with Crippen LogP contribution < -0.4 is 15.2 Å². The van der Waals surface area contributed by atoms with Crippen molar-refractivity contribution in [3.8, 4) is 22.6 Å². The number of nitrogens with two attached hydrogens (primary N) is 1. The lowest BCUT2D eigenvalue weighted by molar-refractivity contribution is 0.266. The van der Waals surface area contributed by atoms with Crippen LogP contribution in [-0.2, 0) is 16.4 Å². The molecule has 0 aliphatic heterocycles. The number of rotatable bonds is 8. The average molecular weight is 434 g/mol. The van der Waals surface area contributed by atoms with Gasteiger partial charge in [-0.25, -0.2) is 8.42 Å². The van der Waals surface area contributed by atoms with E-state index in [1.807, 2.05) is 54.6 Å². The molecule has 0 aliphatic carbocycles. The Bertz CT molecular complexity index is 1040. The Morgan fingerprint density at radius 2 is 1.55 bits per heavy atom. The standard InChI is InChI=1S/C22H23NO4S.ClH/c1-28(24,25)20-9-5-8-18(14-20)19-10-11-21(26-13-12-23)22(15-19)27-16-17-6-3-2-4-7-17;/h2-11,14-15H,12-13,16,23H2,1H3;1H. The molecule has 3 aromatic rings. The number of hydrogen-bond acceptors (Lipinski definition) is 5. The Kier molecular flexibility index (Phi) is 8.08. The molecule has 0 amide bonds. The van der Waals surface area contributed by atoms with Crippen molar-refractivity contribution in [2.75, 3.05) is 19.4 Å². The molecule has 29 heavy (non-hydrogen) atoms. The first-order valence-electron chi connectivity index (χ1n) is 8.91. The predicted molar refractivity (Wildman–Crippen MR) is 118 cm³/mol. The summed E-state index contributed by atoms with van der Waals surface area (Å²) in [5.41, 5.74) is 8.22. The third kappa shape index (κ3) is 6.22. The summed E-state index contributed by atoms with van der Waals surface area (Å²) in [6.45, 7) is 1.17. The van der Waals surface area contributed by atoms with Crippen LogP contribution in [0.3, 0.4) is 0 Å². The smallest absolute Gasteiger partial charge is 0.175 e. The second kappa shape index (κ2) is 10.3. The summed E-state index contributed by atoms with van der Waals surface area (Å²) in [5, 5.41) is 0. The average Bonchev–Trinajstić information content (AvgIpc) is 2.71. The first-order chi connectivity index (χ1) is 13.5. The van der Waals surface area contributed by atoms with Gasteiger partial charge in [-0.3, -0.25) is 0 Å². The summed E-state index contributed by atoms with van der Waals surface area (Å²) in [7, 11) is -3.28. The van der Waals surface area contributed by atoms with Crippen molar-refractivity contribution in [3.05, 3.63) is 78.4 Å². The van der Waals surface area contributed by atoms with Gasteiger partial charge in [0.2, 0.25) is 0 Å². The second-order valence-corrected chi connectivity index (χ2v) is 8.39. The largest absolute Gasteiger partial charge is 0.488 e. The minimum atomic E-state index is -3.28. The van der Waals surface area contributed by atoms with Crippen LogP contribution in [0.25, 0.3) is 11.1 Å². The molecule has 0 fully saturated rings. The van der Waals surface area contributed by atoms with E-state index in [1.165, 1.54) is 6.26 Å². The quantitative estimate of drug-likeness (QED) is 0.578. The molecule has 3 aromatic carbocycles. The van der Waals surface area contributed by atoms with E-state index >= 15 is 0 Å². The number of halogens is 1. The van der Waals surface area contributed by atoms with Crippen LogP contribution in [0.5, 0.6) is 11.5 Å². The fraction of sp³-hybridized carbons (Fsp3) is 0.182. The van der Waals surface area contributed by atoms with E-state index in [-0.39, 0.29) is 17.3 Å². The van der Waals surface area contributed by atoms with E-state index in [0.29, 0.717) is 31.3 Å². The van der Waals surface area contributed by atoms with E-state index in [4.69, 9.17) is 15.2 Å². The summed E-state index contributed by atoms with van der Waals surface area (Å²) in [4.78, 5) is 0.278. The van der Waals surface area contributed by atoms with Crippen LogP contribution in [0.15, 0.2) is 77.7 Å². The van der Waals surface area contributed by atoms with E-state index < -0.39 is 9.84 Å². The molecule has 0 atom stereocenters. The van der Waals surface area contributed by atoms with Gasteiger partial charge in [0.15, 0.2) is 21.3 Å². The van der Waals surface area contributed by atoms with E-state index in [9.17, 15) is 8.42 Å².